The maximum Gasteiger partial charge on any atom is -0.0250 e. The number of hydrogen-bond donors (Lipinski definition) is 0. The minimum atomic E-state index is 0.602. The van der Waals surface area contributed by atoms with Crippen LogP contribution in [0.4, 0.5) is 0 Å². The van der Waals surface area contributed by atoms with Gasteiger partial charge in [-0.2, -0.15) is 0 Å². The topological polar surface area (TPSA) is 0 Å². The fourth-order valence-corrected chi connectivity index (χ4v) is 1.90. The summed E-state index contributed by atoms with van der Waals surface area (Å²) in [6, 6.07) is 10.7. The van der Waals surface area contributed by atoms with Crippen molar-refractivity contribution in [1.29, 1.82) is 0 Å². The molecule has 0 heteroatoms. The second kappa shape index (κ2) is 6.66. The molecule has 1 aromatic carbocycles. The molecule has 83 valence electrons. The zero-order valence-corrected chi connectivity index (χ0v) is 10.1. The first-order chi connectivity index (χ1) is 7.24. The van der Waals surface area contributed by atoms with E-state index in [1.54, 1.807) is 0 Å². The van der Waals surface area contributed by atoms with E-state index in [4.69, 9.17) is 0 Å². The molecule has 1 aromatic rings. The van der Waals surface area contributed by atoms with Crippen molar-refractivity contribution in [2.24, 2.45) is 11.8 Å². The van der Waals surface area contributed by atoms with E-state index in [1.165, 1.54) is 31.2 Å². The van der Waals surface area contributed by atoms with Crippen molar-refractivity contribution in [3.8, 4) is 0 Å². The second-order valence-corrected chi connectivity index (χ2v) is 4.57. The molecule has 1 radical (unpaired) electrons. The second-order valence-electron chi connectivity index (χ2n) is 4.57. The SMILES string of the molecule is [CH2]C(CCCC)C(C)Cc1ccccc1. The van der Waals surface area contributed by atoms with Crippen molar-refractivity contribution in [3.63, 3.8) is 0 Å². The Balaban J connectivity index is 2.38. The molecule has 2 unspecified atom stereocenters. The molecule has 2 atom stereocenters. The zero-order chi connectivity index (χ0) is 11.1. The van der Waals surface area contributed by atoms with E-state index in [2.05, 4.69) is 51.1 Å². The van der Waals surface area contributed by atoms with E-state index in [0.29, 0.717) is 11.8 Å². The number of rotatable bonds is 6. The third-order valence-corrected chi connectivity index (χ3v) is 3.13. The fraction of sp³-hybridized carbons (Fsp3) is 0.533. The van der Waals surface area contributed by atoms with Crippen molar-refractivity contribution in [1.82, 2.24) is 0 Å². The average Bonchev–Trinajstić information content (AvgIpc) is 2.27. The van der Waals surface area contributed by atoms with Gasteiger partial charge in [0.15, 0.2) is 0 Å². The molecule has 0 aliphatic rings. The highest BCUT2D eigenvalue weighted by Gasteiger charge is 2.11. The molecule has 0 N–H and O–H groups in total. The number of hydrogen-bond acceptors (Lipinski definition) is 0. The Morgan fingerprint density at radius 2 is 1.87 bits per heavy atom. The lowest BCUT2D eigenvalue weighted by molar-refractivity contribution is 0.388. The van der Waals surface area contributed by atoms with E-state index in [9.17, 15) is 0 Å². The molecule has 0 saturated heterocycles. The molecule has 0 nitrogen and oxygen atoms in total. The van der Waals surface area contributed by atoms with Gasteiger partial charge in [0.05, 0.1) is 0 Å². The molecule has 0 amide bonds. The van der Waals surface area contributed by atoms with Crippen molar-refractivity contribution >= 4 is 0 Å². The molecule has 0 aromatic heterocycles. The van der Waals surface area contributed by atoms with Gasteiger partial charge in [-0.25, -0.2) is 0 Å². The molecule has 0 aliphatic heterocycles. The first-order valence-corrected chi connectivity index (χ1v) is 6.11. The normalized spacial score (nSPS) is 14.9. The monoisotopic (exact) mass is 203 g/mol. The maximum absolute atomic E-state index is 4.27. The van der Waals surface area contributed by atoms with Gasteiger partial charge in [-0.3, -0.25) is 0 Å². The lowest BCUT2D eigenvalue weighted by Gasteiger charge is -2.19. The summed E-state index contributed by atoms with van der Waals surface area (Å²) in [6.45, 7) is 8.84. The highest BCUT2D eigenvalue weighted by Crippen LogP contribution is 2.21. The van der Waals surface area contributed by atoms with Crippen LogP contribution in [0.3, 0.4) is 0 Å². The number of benzene rings is 1. The lowest BCUT2D eigenvalue weighted by Crippen LogP contribution is -2.11. The van der Waals surface area contributed by atoms with Crippen LogP contribution in [0.25, 0.3) is 0 Å². The molecule has 0 spiro atoms. The first kappa shape index (κ1) is 12.3. The van der Waals surface area contributed by atoms with Crippen molar-refractivity contribution in [2.75, 3.05) is 0 Å². The van der Waals surface area contributed by atoms with E-state index in [-0.39, 0.29) is 0 Å². The average molecular weight is 203 g/mol. The third kappa shape index (κ3) is 4.51. The quantitative estimate of drug-likeness (QED) is 0.638. The van der Waals surface area contributed by atoms with Gasteiger partial charge < -0.3 is 0 Å². The van der Waals surface area contributed by atoms with Crippen LogP contribution in [0.2, 0.25) is 0 Å². The van der Waals surface area contributed by atoms with Crippen molar-refractivity contribution in [2.45, 2.75) is 39.5 Å². The standard InChI is InChI=1S/C15H23/c1-4-5-9-13(2)14(3)12-15-10-7-6-8-11-15/h6-8,10-11,13-14H,2,4-5,9,12H2,1,3H3. The van der Waals surface area contributed by atoms with Crippen LogP contribution in [0.1, 0.15) is 38.7 Å². The van der Waals surface area contributed by atoms with Gasteiger partial charge in [0.2, 0.25) is 0 Å². The predicted molar refractivity (Wildman–Crippen MR) is 67.7 cm³/mol. The Hall–Kier alpha value is -0.780. The molecule has 0 saturated carbocycles. The summed E-state index contributed by atoms with van der Waals surface area (Å²) in [6.07, 6.45) is 5.03. The Morgan fingerprint density at radius 3 is 2.47 bits per heavy atom. The van der Waals surface area contributed by atoms with E-state index < -0.39 is 0 Å². The minimum Gasteiger partial charge on any atom is -0.0654 e. The molecular formula is C15H23. The van der Waals surface area contributed by atoms with Crippen LogP contribution in [-0.4, -0.2) is 0 Å². The first-order valence-electron chi connectivity index (χ1n) is 6.11. The maximum atomic E-state index is 4.27. The highest BCUT2D eigenvalue weighted by atomic mass is 14.2. The Morgan fingerprint density at radius 1 is 1.20 bits per heavy atom. The third-order valence-electron chi connectivity index (χ3n) is 3.13. The van der Waals surface area contributed by atoms with Gasteiger partial charge in [0, 0.05) is 0 Å². The van der Waals surface area contributed by atoms with Gasteiger partial charge in [0.25, 0.3) is 0 Å². The lowest BCUT2D eigenvalue weighted by atomic mass is 9.86. The van der Waals surface area contributed by atoms with E-state index in [0.717, 1.165) is 0 Å². The molecule has 15 heavy (non-hydrogen) atoms. The largest absolute Gasteiger partial charge is 0.0654 e. The molecule has 0 heterocycles. The molecule has 0 aliphatic carbocycles. The van der Waals surface area contributed by atoms with Crippen molar-refractivity contribution in [3.05, 3.63) is 42.8 Å². The Kier molecular flexibility index (Phi) is 5.45. The molecule has 0 fully saturated rings. The summed E-state index contributed by atoms with van der Waals surface area (Å²) in [5.41, 5.74) is 1.44. The summed E-state index contributed by atoms with van der Waals surface area (Å²) in [4.78, 5) is 0. The zero-order valence-electron chi connectivity index (χ0n) is 10.1. The van der Waals surface area contributed by atoms with Crippen LogP contribution in [-0.2, 0) is 6.42 Å². The molecular weight excluding hydrogens is 180 g/mol. The Labute approximate surface area is 94.7 Å². The van der Waals surface area contributed by atoms with Crippen LogP contribution < -0.4 is 0 Å². The highest BCUT2D eigenvalue weighted by molar-refractivity contribution is 5.15. The Bertz CT molecular complexity index is 250. The van der Waals surface area contributed by atoms with Gasteiger partial charge in [-0.05, 0) is 30.7 Å². The van der Waals surface area contributed by atoms with Gasteiger partial charge >= 0.3 is 0 Å². The van der Waals surface area contributed by atoms with Crippen LogP contribution in [0.5, 0.6) is 0 Å². The van der Waals surface area contributed by atoms with E-state index in [1.807, 2.05) is 0 Å². The van der Waals surface area contributed by atoms with Gasteiger partial charge in [-0.1, -0.05) is 63.4 Å². The van der Waals surface area contributed by atoms with Crippen molar-refractivity contribution < 1.29 is 0 Å². The predicted octanol–water partition coefficient (Wildman–Crippen LogP) is 4.51. The summed E-state index contributed by atoms with van der Waals surface area (Å²) in [7, 11) is 0. The summed E-state index contributed by atoms with van der Waals surface area (Å²) in [5, 5.41) is 0. The summed E-state index contributed by atoms with van der Waals surface area (Å²) < 4.78 is 0. The van der Waals surface area contributed by atoms with Gasteiger partial charge in [0.1, 0.15) is 0 Å². The van der Waals surface area contributed by atoms with Crippen LogP contribution in [0, 0.1) is 18.8 Å². The minimum absolute atomic E-state index is 0.602. The van der Waals surface area contributed by atoms with Crippen LogP contribution in [0.15, 0.2) is 30.3 Å². The van der Waals surface area contributed by atoms with Crippen LogP contribution >= 0.6 is 0 Å². The summed E-state index contributed by atoms with van der Waals surface area (Å²) >= 11 is 0. The van der Waals surface area contributed by atoms with E-state index >= 15 is 0 Å². The summed E-state index contributed by atoms with van der Waals surface area (Å²) in [5.74, 6) is 1.30. The molecule has 1 rings (SSSR count). The smallest absolute Gasteiger partial charge is 0.0250 e. The van der Waals surface area contributed by atoms with Gasteiger partial charge in [-0.15, -0.1) is 0 Å². The molecule has 0 bridgehead atoms. The number of unbranched alkanes of at least 4 members (excludes halogenated alkanes) is 1. The fourth-order valence-electron chi connectivity index (χ4n) is 1.90.